The molecule has 2 rings (SSSR count). The number of nitrogens with two attached hydrogens (primary N) is 1. The van der Waals surface area contributed by atoms with Gasteiger partial charge >= 0.3 is 5.97 Å². The van der Waals surface area contributed by atoms with Crippen LogP contribution in [-0.2, 0) is 14.8 Å². The van der Waals surface area contributed by atoms with Gasteiger partial charge in [-0.2, -0.15) is 4.31 Å². The summed E-state index contributed by atoms with van der Waals surface area (Å²) in [5.41, 5.74) is 6.16. The molecule has 0 bridgehead atoms. The monoisotopic (exact) mass is 312 g/mol. The molecule has 116 valence electrons. The van der Waals surface area contributed by atoms with Crippen LogP contribution in [0.25, 0.3) is 0 Å². The lowest BCUT2D eigenvalue weighted by molar-refractivity contribution is 0.0600. The van der Waals surface area contributed by atoms with Gasteiger partial charge in [-0.15, -0.1) is 0 Å². The molecule has 0 aromatic heterocycles. The van der Waals surface area contributed by atoms with Crippen molar-refractivity contribution < 1.29 is 17.9 Å². The molecule has 0 aliphatic carbocycles. The quantitative estimate of drug-likeness (QED) is 0.832. The first-order valence-electron chi connectivity index (χ1n) is 6.80. The van der Waals surface area contributed by atoms with Crippen LogP contribution < -0.4 is 5.73 Å². The minimum Gasteiger partial charge on any atom is -0.465 e. The van der Waals surface area contributed by atoms with Crippen LogP contribution in [0, 0.1) is 5.92 Å². The number of rotatable bonds is 4. The van der Waals surface area contributed by atoms with Crippen LogP contribution >= 0.6 is 0 Å². The van der Waals surface area contributed by atoms with Crippen molar-refractivity contribution in [1.82, 2.24) is 4.31 Å². The smallest absolute Gasteiger partial charge is 0.337 e. The summed E-state index contributed by atoms with van der Waals surface area (Å²) in [7, 11) is -2.25. The van der Waals surface area contributed by atoms with E-state index in [2.05, 4.69) is 4.74 Å². The summed E-state index contributed by atoms with van der Waals surface area (Å²) in [5, 5.41) is 0. The standard InChI is InChI=1S/C14H20N2O4S/c1-10(15)12-7-8-16(9-12)21(18,19)13-5-3-11(4-6-13)14(17)20-2/h3-6,10,12H,7-9,15H2,1-2H3. The zero-order chi connectivity index (χ0) is 15.6. The largest absolute Gasteiger partial charge is 0.465 e. The van der Waals surface area contributed by atoms with E-state index in [9.17, 15) is 13.2 Å². The molecule has 2 N–H and O–H groups in total. The van der Waals surface area contributed by atoms with Crippen LogP contribution in [0.3, 0.4) is 0 Å². The highest BCUT2D eigenvalue weighted by atomic mass is 32.2. The number of hydrogen-bond donors (Lipinski definition) is 1. The topological polar surface area (TPSA) is 89.7 Å². The minimum absolute atomic E-state index is 0.0214. The van der Waals surface area contributed by atoms with E-state index in [1.165, 1.54) is 35.7 Å². The molecule has 1 aliphatic rings. The lowest BCUT2D eigenvalue weighted by Crippen LogP contribution is -2.33. The van der Waals surface area contributed by atoms with Crippen molar-refractivity contribution >= 4 is 16.0 Å². The minimum atomic E-state index is -3.53. The molecular weight excluding hydrogens is 292 g/mol. The Morgan fingerprint density at radius 1 is 1.38 bits per heavy atom. The molecule has 2 unspecified atom stereocenters. The first-order valence-corrected chi connectivity index (χ1v) is 8.24. The summed E-state index contributed by atoms with van der Waals surface area (Å²) in [6, 6.07) is 5.75. The van der Waals surface area contributed by atoms with Gasteiger partial charge in [0, 0.05) is 19.1 Å². The van der Waals surface area contributed by atoms with Crippen molar-refractivity contribution in [1.29, 1.82) is 0 Å². The number of methoxy groups -OCH3 is 1. The van der Waals surface area contributed by atoms with Crippen LogP contribution in [0.2, 0.25) is 0 Å². The maximum atomic E-state index is 12.5. The average Bonchev–Trinajstić information content (AvgIpc) is 2.97. The molecule has 1 fully saturated rings. The van der Waals surface area contributed by atoms with Crippen LogP contribution in [0.5, 0.6) is 0 Å². The van der Waals surface area contributed by atoms with Gasteiger partial charge in [0.05, 0.1) is 17.6 Å². The van der Waals surface area contributed by atoms with Crippen molar-refractivity contribution in [3.05, 3.63) is 29.8 Å². The molecule has 6 nitrogen and oxygen atoms in total. The second-order valence-electron chi connectivity index (χ2n) is 5.29. The Balaban J connectivity index is 2.19. The van der Waals surface area contributed by atoms with Crippen LogP contribution in [0.4, 0.5) is 0 Å². The summed E-state index contributed by atoms with van der Waals surface area (Å²) in [6.07, 6.45) is 0.775. The fourth-order valence-electron chi connectivity index (χ4n) is 2.43. The maximum absolute atomic E-state index is 12.5. The molecule has 0 spiro atoms. The van der Waals surface area contributed by atoms with E-state index in [1.807, 2.05) is 6.92 Å². The van der Waals surface area contributed by atoms with Crippen molar-refractivity contribution in [2.45, 2.75) is 24.3 Å². The summed E-state index contributed by atoms with van der Waals surface area (Å²) in [5.74, 6) is -0.300. The third-order valence-electron chi connectivity index (χ3n) is 3.84. The van der Waals surface area contributed by atoms with E-state index in [4.69, 9.17) is 5.73 Å². The molecule has 0 radical (unpaired) electrons. The first kappa shape index (κ1) is 15.9. The molecule has 1 aliphatic heterocycles. The summed E-state index contributed by atoms with van der Waals surface area (Å²) in [4.78, 5) is 11.5. The first-order chi connectivity index (χ1) is 9.86. The molecular formula is C14H20N2O4S. The number of benzene rings is 1. The Morgan fingerprint density at radius 3 is 2.48 bits per heavy atom. The number of ether oxygens (including phenoxy) is 1. The highest BCUT2D eigenvalue weighted by molar-refractivity contribution is 7.89. The van der Waals surface area contributed by atoms with E-state index in [0.717, 1.165) is 6.42 Å². The van der Waals surface area contributed by atoms with Crippen LogP contribution in [-0.4, -0.2) is 44.9 Å². The Morgan fingerprint density at radius 2 is 2.00 bits per heavy atom. The van der Waals surface area contributed by atoms with E-state index >= 15 is 0 Å². The van der Waals surface area contributed by atoms with E-state index in [1.54, 1.807) is 0 Å². The lowest BCUT2D eigenvalue weighted by Gasteiger charge is -2.18. The van der Waals surface area contributed by atoms with Gasteiger partial charge in [-0.3, -0.25) is 0 Å². The summed E-state index contributed by atoms with van der Waals surface area (Å²) >= 11 is 0. The summed E-state index contributed by atoms with van der Waals surface area (Å²) in [6.45, 7) is 2.82. The number of carbonyl (C=O) groups excluding carboxylic acids is 1. The van der Waals surface area contributed by atoms with Gasteiger partial charge < -0.3 is 10.5 Å². The van der Waals surface area contributed by atoms with Gasteiger partial charge in [0.25, 0.3) is 0 Å². The van der Waals surface area contributed by atoms with E-state index < -0.39 is 16.0 Å². The van der Waals surface area contributed by atoms with Gasteiger partial charge in [-0.05, 0) is 43.5 Å². The Bertz CT molecular complexity index is 610. The molecule has 2 atom stereocenters. The Labute approximate surface area is 124 Å². The van der Waals surface area contributed by atoms with Crippen molar-refractivity contribution in [3.8, 4) is 0 Å². The SMILES string of the molecule is COC(=O)c1ccc(S(=O)(=O)N2CCC(C(C)N)C2)cc1. The molecule has 21 heavy (non-hydrogen) atoms. The third-order valence-corrected chi connectivity index (χ3v) is 5.72. The zero-order valence-electron chi connectivity index (χ0n) is 12.2. The molecule has 1 heterocycles. The van der Waals surface area contributed by atoms with Gasteiger partial charge in [0.2, 0.25) is 10.0 Å². The molecule has 1 saturated heterocycles. The third kappa shape index (κ3) is 3.25. The molecule has 0 amide bonds. The van der Waals surface area contributed by atoms with Gasteiger partial charge in [-0.1, -0.05) is 0 Å². The fourth-order valence-corrected chi connectivity index (χ4v) is 3.94. The van der Waals surface area contributed by atoms with Gasteiger partial charge in [0.1, 0.15) is 0 Å². The van der Waals surface area contributed by atoms with Crippen LogP contribution in [0.15, 0.2) is 29.2 Å². The fraction of sp³-hybridized carbons (Fsp3) is 0.500. The average molecular weight is 312 g/mol. The van der Waals surface area contributed by atoms with Gasteiger partial charge in [0.15, 0.2) is 0 Å². The lowest BCUT2D eigenvalue weighted by atomic mass is 10.0. The Hall–Kier alpha value is -1.44. The zero-order valence-corrected chi connectivity index (χ0v) is 13.0. The molecule has 1 aromatic rings. The highest BCUT2D eigenvalue weighted by Crippen LogP contribution is 2.25. The highest BCUT2D eigenvalue weighted by Gasteiger charge is 2.33. The number of hydrogen-bond acceptors (Lipinski definition) is 5. The molecule has 7 heteroatoms. The van der Waals surface area contributed by atoms with Gasteiger partial charge in [-0.25, -0.2) is 13.2 Å². The summed E-state index contributed by atoms with van der Waals surface area (Å²) < 4.78 is 31.1. The number of nitrogens with zero attached hydrogens (tertiary/aromatic N) is 1. The van der Waals surface area contributed by atoms with E-state index in [-0.39, 0.29) is 16.9 Å². The second kappa shape index (κ2) is 6.13. The van der Waals surface area contributed by atoms with Crippen molar-refractivity contribution in [3.63, 3.8) is 0 Å². The predicted molar refractivity (Wildman–Crippen MR) is 78.3 cm³/mol. The molecule has 0 saturated carbocycles. The second-order valence-corrected chi connectivity index (χ2v) is 7.22. The van der Waals surface area contributed by atoms with Crippen molar-refractivity contribution in [2.24, 2.45) is 11.7 Å². The number of carbonyl (C=O) groups is 1. The number of sulfonamides is 1. The van der Waals surface area contributed by atoms with E-state index in [0.29, 0.717) is 18.7 Å². The maximum Gasteiger partial charge on any atom is 0.337 e. The normalized spacial score (nSPS) is 21.2. The van der Waals surface area contributed by atoms with Crippen molar-refractivity contribution in [2.75, 3.05) is 20.2 Å². The number of esters is 1. The van der Waals surface area contributed by atoms with Crippen LogP contribution in [0.1, 0.15) is 23.7 Å². The predicted octanol–water partition coefficient (Wildman–Crippen LogP) is 0.831. The molecule has 1 aromatic carbocycles. The Kier molecular flexibility index (Phi) is 4.65.